The number of hydrogen-bond acceptors (Lipinski definition) is 2. The highest BCUT2D eigenvalue weighted by Gasteiger charge is 2.25. The minimum Gasteiger partial charge on any atom is -0.298 e. The zero-order valence-corrected chi connectivity index (χ0v) is 11.4. The molecule has 0 saturated carbocycles. The maximum Gasteiger partial charge on any atom is 0.151 e. The van der Waals surface area contributed by atoms with E-state index in [0.717, 1.165) is 12.1 Å². The molecule has 2 nitrogen and oxygen atoms in total. The van der Waals surface area contributed by atoms with Crippen LogP contribution in [0.25, 0.3) is 0 Å². The highest BCUT2D eigenvalue weighted by molar-refractivity contribution is 5.82. The molecule has 1 fully saturated rings. The maximum atomic E-state index is 12.1. The summed E-state index contributed by atoms with van der Waals surface area (Å²) in [5.74, 6) is 1.05. The molecular weight excluding hydrogens is 222 g/mol. The van der Waals surface area contributed by atoms with Crippen molar-refractivity contribution in [2.45, 2.75) is 39.2 Å². The molecule has 0 aliphatic carbocycles. The molecule has 0 N–H and O–H groups in total. The van der Waals surface area contributed by atoms with Crippen molar-refractivity contribution in [3.63, 3.8) is 0 Å². The lowest BCUT2D eigenvalue weighted by atomic mass is 9.92. The van der Waals surface area contributed by atoms with E-state index in [1.165, 1.54) is 12.8 Å². The quantitative estimate of drug-likeness (QED) is 0.813. The number of likely N-dealkylation sites (tertiary alicyclic amines) is 1. The Labute approximate surface area is 110 Å². The maximum absolute atomic E-state index is 12.1. The summed E-state index contributed by atoms with van der Waals surface area (Å²) < 4.78 is 0. The van der Waals surface area contributed by atoms with Crippen LogP contribution < -0.4 is 0 Å². The average molecular weight is 245 g/mol. The first kappa shape index (κ1) is 13.3. The summed E-state index contributed by atoms with van der Waals surface area (Å²) in [7, 11) is 0. The number of rotatable bonds is 4. The fraction of sp³-hybridized carbons (Fsp3) is 0.562. The molecule has 0 aromatic heterocycles. The van der Waals surface area contributed by atoms with E-state index in [1.54, 1.807) is 0 Å². The Morgan fingerprint density at radius 2 is 2.00 bits per heavy atom. The second-order valence-electron chi connectivity index (χ2n) is 5.53. The molecule has 2 unspecified atom stereocenters. The van der Waals surface area contributed by atoms with Crippen LogP contribution in [0.2, 0.25) is 0 Å². The van der Waals surface area contributed by atoms with Crippen molar-refractivity contribution < 1.29 is 4.79 Å². The Balaban J connectivity index is 1.87. The van der Waals surface area contributed by atoms with E-state index in [4.69, 9.17) is 0 Å². The van der Waals surface area contributed by atoms with E-state index in [-0.39, 0.29) is 0 Å². The van der Waals surface area contributed by atoms with Crippen LogP contribution in [0.15, 0.2) is 30.3 Å². The predicted molar refractivity (Wildman–Crippen MR) is 74.6 cm³/mol. The van der Waals surface area contributed by atoms with Gasteiger partial charge in [0.25, 0.3) is 0 Å². The van der Waals surface area contributed by atoms with E-state index in [2.05, 4.69) is 18.7 Å². The first-order valence-corrected chi connectivity index (χ1v) is 6.96. The predicted octanol–water partition coefficient (Wildman–Crippen LogP) is 2.92. The van der Waals surface area contributed by atoms with Crippen molar-refractivity contribution in [2.75, 3.05) is 13.1 Å². The largest absolute Gasteiger partial charge is 0.298 e. The normalized spacial score (nSPS) is 25.0. The molecule has 0 spiro atoms. The topological polar surface area (TPSA) is 20.3 Å². The molecule has 1 heterocycles. The number of piperidine rings is 1. The molecular formula is C16H23NO. The Hall–Kier alpha value is -1.15. The van der Waals surface area contributed by atoms with Gasteiger partial charge in [0.15, 0.2) is 5.78 Å². The van der Waals surface area contributed by atoms with Gasteiger partial charge >= 0.3 is 0 Å². The van der Waals surface area contributed by atoms with E-state index in [0.29, 0.717) is 30.7 Å². The minimum atomic E-state index is 0.335. The summed E-state index contributed by atoms with van der Waals surface area (Å²) in [6.07, 6.45) is 3.09. The van der Waals surface area contributed by atoms with Gasteiger partial charge < -0.3 is 0 Å². The highest BCUT2D eigenvalue weighted by Crippen LogP contribution is 2.22. The van der Waals surface area contributed by atoms with Crippen LogP contribution in [-0.4, -0.2) is 29.8 Å². The second-order valence-corrected chi connectivity index (χ2v) is 5.53. The van der Waals surface area contributed by atoms with Gasteiger partial charge in [-0.15, -0.1) is 0 Å². The lowest BCUT2D eigenvalue weighted by Gasteiger charge is -2.37. The van der Waals surface area contributed by atoms with Crippen molar-refractivity contribution in [2.24, 2.45) is 5.92 Å². The van der Waals surface area contributed by atoms with Crippen molar-refractivity contribution >= 4 is 5.78 Å². The standard InChI is InChI=1S/C16H23NO/c1-13-7-6-10-17(14(13)2)12-16(18)11-15-8-4-3-5-9-15/h3-5,8-9,13-14H,6-7,10-12H2,1-2H3. The van der Waals surface area contributed by atoms with Crippen LogP contribution in [0.5, 0.6) is 0 Å². The zero-order chi connectivity index (χ0) is 13.0. The molecule has 2 heteroatoms. The number of hydrogen-bond donors (Lipinski definition) is 0. The van der Waals surface area contributed by atoms with Crippen LogP contribution in [0.4, 0.5) is 0 Å². The highest BCUT2D eigenvalue weighted by atomic mass is 16.1. The zero-order valence-electron chi connectivity index (χ0n) is 11.4. The summed E-state index contributed by atoms with van der Waals surface area (Å²) in [6, 6.07) is 10.6. The van der Waals surface area contributed by atoms with Gasteiger partial charge in [-0.1, -0.05) is 37.3 Å². The molecule has 0 amide bonds. The third-order valence-electron chi connectivity index (χ3n) is 4.13. The van der Waals surface area contributed by atoms with Crippen molar-refractivity contribution in [1.82, 2.24) is 4.90 Å². The molecule has 18 heavy (non-hydrogen) atoms. The van der Waals surface area contributed by atoms with Crippen LogP contribution in [0.1, 0.15) is 32.3 Å². The van der Waals surface area contributed by atoms with E-state index in [9.17, 15) is 4.79 Å². The van der Waals surface area contributed by atoms with Gasteiger partial charge in [0.1, 0.15) is 0 Å². The molecule has 1 saturated heterocycles. The van der Waals surface area contributed by atoms with Gasteiger partial charge in [-0.05, 0) is 37.8 Å². The summed E-state index contributed by atoms with van der Waals surface area (Å²) in [4.78, 5) is 14.4. The summed E-state index contributed by atoms with van der Waals surface area (Å²) >= 11 is 0. The SMILES string of the molecule is CC1CCCN(CC(=O)Cc2ccccc2)C1C. The molecule has 0 radical (unpaired) electrons. The summed E-state index contributed by atoms with van der Waals surface area (Å²) in [5.41, 5.74) is 1.13. The van der Waals surface area contributed by atoms with E-state index < -0.39 is 0 Å². The van der Waals surface area contributed by atoms with Crippen LogP contribution in [-0.2, 0) is 11.2 Å². The first-order chi connectivity index (χ1) is 8.66. The van der Waals surface area contributed by atoms with Gasteiger partial charge in [0.05, 0.1) is 6.54 Å². The Kier molecular flexibility index (Phi) is 4.54. The molecule has 98 valence electrons. The van der Waals surface area contributed by atoms with Gasteiger partial charge in [-0.25, -0.2) is 0 Å². The molecule has 1 aromatic carbocycles. The lowest BCUT2D eigenvalue weighted by Crippen LogP contribution is -2.45. The number of ketones is 1. The van der Waals surface area contributed by atoms with Gasteiger partial charge in [-0.2, -0.15) is 0 Å². The second kappa shape index (κ2) is 6.14. The van der Waals surface area contributed by atoms with Gasteiger partial charge in [-0.3, -0.25) is 9.69 Å². The van der Waals surface area contributed by atoms with Gasteiger partial charge in [0, 0.05) is 12.5 Å². The fourth-order valence-electron chi connectivity index (χ4n) is 2.75. The van der Waals surface area contributed by atoms with E-state index in [1.807, 2.05) is 30.3 Å². The molecule has 1 aliphatic rings. The third-order valence-corrected chi connectivity index (χ3v) is 4.13. The molecule has 1 aliphatic heterocycles. The van der Waals surface area contributed by atoms with Crippen molar-refractivity contribution in [3.05, 3.63) is 35.9 Å². The number of carbonyl (C=O) groups excluding carboxylic acids is 1. The number of Topliss-reactive ketones (excluding diaryl/α,β-unsaturated/α-hetero) is 1. The van der Waals surface area contributed by atoms with Crippen LogP contribution in [0.3, 0.4) is 0 Å². The monoisotopic (exact) mass is 245 g/mol. The van der Waals surface area contributed by atoms with E-state index >= 15 is 0 Å². The van der Waals surface area contributed by atoms with Crippen molar-refractivity contribution in [3.8, 4) is 0 Å². The number of benzene rings is 1. The third kappa shape index (κ3) is 3.42. The average Bonchev–Trinajstić information content (AvgIpc) is 2.36. The first-order valence-electron chi connectivity index (χ1n) is 6.96. The molecule has 2 rings (SSSR count). The molecule has 2 atom stereocenters. The Morgan fingerprint density at radius 3 is 2.72 bits per heavy atom. The lowest BCUT2D eigenvalue weighted by molar-refractivity contribution is -0.120. The Morgan fingerprint density at radius 1 is 1.28 bits per heavy atom. The molecule has 0 bridgehead atoms. The van der Waals surface area contributed by atoms with Crippen LogP contribution >= 0.6 is 0 Å². The summed E-state index contributed by atoms with van der Waals surface area (Å²) in [6.45, 7) is 6.23. The minimum absolute atomic E-state index is 0.335. The number of carbonyl (C=O) groups is 1. The van der Waals surface area contributed by atoms with Crippen molar-refractivity contribution in [1.29, 1.82) is 0 Å². The smallest absolute Gasteiger partial charge is 0.151 e. The van der Waals surface area contributed by atoms with Crippen LogP contribution in [0, 0.1) is 5.92 Å². The fourth-order valence-corrected chi connectivity index (χ4v) is 2.75. The van der Waals surface area contributed by atoms with Gasteiger partial charge in [0.2, 0.25) is 0 Å². The summed E-state index contributed by atoms with van der Waals surface area (Å²) in [5, 5.41) is 0. The Bertz CT molecular complexity index is 387. The molecule has 1 aromatic rings. The number of nitrogens with zero attached hydrogens (tertiary/aromatic N) is 1.